The van der Waals surface area contributed by atoms with Crippen LogP contribution in [-0.2, 0) is 7.05 Å². The first kappa shape index (κ1) is 19.5. The summed E-state index contributed by atoms with van der Waals surface area (Å²) >= 11 is 0. The lowest BCUT2D eigenvalue weighted by molar-refractivity contribution is 0.355. The van der Waals surface area contributed by atoms with Crippen LogP contribution in [0.2, 0.25) is 0 Å². The molecule has 146 valence electrons. The number of aromatic nitrogens is 2. The lowest BCUT2D eigenvalue weighted by atomic mass is 10.1. The Hall–Kier alpha value is -3.28. The summed E-state index contributed by atoms with van der Waals surface area (Å²) in [5, 5.41) is 0. The van der Waals surface area contributed by atoms with Gasteiger partial charge in [-0.2, -0.15) is 0 Å². The van der Waals surface area contributed by atoms with Crippen LogP contribution in [0.25, 0.3) is 11.3 Å². The minimum atomic E-state index is 0.383. The molecule has 3 aromatic rings. The number of benzene rings is 2. The minimum absolute atomic E-state index is 0.383. The normalized spacial score (nSPS) is 11.6. The summed E-state index contributed by atoms with van der Waals surface area (Å²) in [7, 11) is 5.08. The summed E-state index contributed by atoms with van der Waals surface area (Å²) < 4.78 is 12.5. The number of hydrogen-bond donors (Lipinski definition) is 1. The molecule has 0 fully saturated rings. The van der Waals surface area contributed by atoms with Gasteiger partial charge in [-0.1, -0.05) is 17.7 Å². The second-order valence-corrected chi connectivity index (χ2v) is 6.85. The van der Waals surface area contributed by atoms with Crippen LogP contribution in [-0.4, -0.2) is 23.8 Å². The van der Waals surface area contributed by atoms with Gasteiger partial charge in [-0.3, -0.25) is 0 Å². The number of rotatable bonds is 4. The van der Waals surface area contributed by atoms with Crippen LogP contribution < -0.4 is 20.7 Å². The first-order valence-electron chi connectivity index (χ1n) is 9.02. The first-order chi connectivity index (χ1) is 13.3. The van der Waals surface area contributed by atoms with Crippen molar-refractivity contribution in [2.45, 2.75) is 20.8 Å². The molecular formula is C22H26N4O2. The molecule has 2 aromatic carbocycles. The molecule has 0 radical (unpaired) electrons. The molecule has 0 aliphatic heterocycles. The van der Waals surface area contributed by atoms with Crippen molar-refractivity contribution < 1.29 is 9.47 Å². The zero-order valence-corrected chi connectivity index (χ0v) is 17.2. The second kappa shape index (κ2) is 7.76. The van der Waals surface area contributed by atoms with E-state index < -0.39 is 0 Å². The molecule has 2 N–H and O–H groups in total. The fourth-order valence-corrected chi connectivity index (χ4v) is 3.28. The van der Waals surface area contributed by atoms with E-state index >= 15 is 0 Å². The van der Waals surface area contributed by atoms with E-state index in [-0.39, 0.29) is 0 Å². The van der Waals surface area contributed by atoms with Crippen LogP contribution in [0.4, 0.5) is 11.6 Å². The summed E-state index contributed by atoms with van der Waals surface area (Å²) in [4.78, 5) is 9.41. The number of hydrogen-bond acceptors (Lipinski definition) is 5. The van der Waals surface area contributed by atoms with Crippen molar-refractivity contribution >= 4 is 11.6 Å². The molecule has 28 heavy (non-hydrogen) atoms. The molecule has 6 heteroatoms. The van der Waals surface area contributed by atoms with Crippen molar-refractivity contribution in [2.75, 3.05) is 20.0 Å². The quantitative estimate of drug-likeness (QED) is 0.748. The molecule has 0 saturated heterocycles. The summed E-state index contributed by atoms with van der Waals surface area (Å²) in [6.45, 7) is 6.22. The average molecular weight is 378 g/mol. The Morgan fingerprint density at radius 2 is 1.57 bits per heavy atom. The predicted molar refractivity (Wildman–Crippen MR) is 112 cm³/mol. The molecule has 0 aliphatic rings. The maximum Gasteiger partial charge on any atom is 0.202 e. The molecule has 0 unspecified atom stereocenters. The van der Waals surface area contributed by atoms with Gasteiger partial charge in [0.15, 0.2) is 11.5 Å². The number of nitrogen functional groups attached to an aromatic ring is 1. The third-order valence-corrected chi connectivity index (χ3v) is 4.73. The van der Waals surface area contributed by atoms with E-state index in [9.17, 15) is 0 Å². The fraction of sp³-hybridized carbons (Fsp3) is 0.273. The van der Waals surface area contributed by atoms with Gasteiger partial charge in [-0.05, 0) is 50.1 Å². The summed E-state index contributed by atoms with van der Waals surface area (Å²) in [5.74, 6) is 1.68. The zero-order chi connectivity index (χ0) is 20.4. The standard InChI is InChI=1S/C22H26N4O2/c1-13-9-14(2)21(15(3)10-13)25-20-12-17(24-22(23)26(20)4)16-7-8-18(27-5)19(11-16)28-6/h7-12H,1-6H3,(H2,23,24). The van der Waals surface area contributed by atoms with Gasteiger partial charge in [0.25, 0.3) is 0 Å². The van der Waals surface area contributed by atoms with Crippen molar-refractivity contribution in [3.05, 3.63) is 58.6 Å². The van der Waals surface area contributed by atoms with Gasteiger partial charge in [0.05, 0.1) is 25.6 Å². The van der Waals surface area contributed by atoms with Crippen LogP contribution >= 0.6 is 0 Å². The lowest BCUT2D eigenvalue weighted by Crippen LogP contribution is -2.22. The summed E-state index contributed by atoms with van der Waals surface area (Å²) in [6.07, 6.45) is 0. The molecule has 3 rings (SSSR count). The lowest BCUT2D eigenvalue weighted by Gasteiger charge is -2.12. The molecule has 0 bridgehead atoms. The van der Waals surface area contributed by atoms with E-state index in [0.29, 0.717) is 17.4 Å². The molecule has 0 spiro atoms. The van der Waals surface area contributed by atoms with Gasteiger partial charge < -0.3 is 19.8 Å². The SMILES string of the molecule is COc1ccc(-c2cc(=Nc3c(C)cc(C)cc3C)n(C)c(N)n2)cc1OC. The van der Waals surface area contributed by atoms with E-state index in [4.69, 9.17) is 20.2 Å². The van der Waals surface area contributed by atoms with Gasteiger partial charge >= 0.3 is 0 Å². The van der Waals surface area contributed by atoms with Gasteiger partial charge in [0.2, 0.25) is 5.95 Å². The van der Waals surface area contributed by atoms with Crippen LogP contribution in [0, 0.1) is 20.8 Å². The number of nitrogens with two attached hydrogens (primary N) is 1. The summed E-state index contributed by atoms with van der Waals surface area (Å²) in [5.41, 5.74) is 12.9. The third-order valence-electron chi connectivity index (χ3n) is 4.73. The number of nitrogens with zero attached hydrogens (tertiary/aromatic N) is 3. The molecule has 0 saturated carbocycles. The van der Waals surface area contributed by atoms with E-state index in [1.165, 1.54) is 5.56 Å². The van der Waals surface area contributed by atoms with Crippen LogP contribution in [0.1, 0.15) is 16.7 Å². The van der Waals surface area contributed by atoms with Gasteiger partial charge in [-0.25, -0.2) is 9.98 Å². The number of aryl methyl sites for hydroxylation is 3. The second-order valence-electron chi connectivity index (χ2n) is 6.85. The highest BCUT2D eigenvalue weighted by Gasteiger charge is 2.10. The average Bonchev–Trinajstić information content (AvgIpc) is 2.66. The molecule has 0 amide bonds. The Bertz CT molecular complexity index is 1080. The molecule has 0 aliphatic carbocycles. The number of methoxy groups -OCH3 is 2. The zero-order valence-electron chi connectivity index (χ0n) is 17.2. The van der Waals surface area contributed by atoms with Crippen molar-refractivity contribution in [3.8, 4) is 22.8 Å². The van der Waals surface area contributed by atoms with Crippen LogP contribution in [0.5, 0.6) is 11.5 Å². The highest BCUT2D eigenvalue weighted by molar-refractivity contribution is 5.64. The Labute approximate surface area is 165 Å². The van der Waals surface area contributed by atoms with Gasteiger partial charge in [0.1, 0.15) is 5.49 Å². The Balaban J connectivity index is 2.20. The fourth-order valence-electron chi connectivity index (χ4n) is 3.28. The third kappa shape index (κ3) is 3.71. The maximum atomic E-state index is 6.18. The van der Waals surface area contributed by atoms with Crippen LogP contribution in [0.3, 0.4) is 0 Å². The largest absolute Gasteiger partial charge is 0.493 e. The highest BCUT2D eigenvalue weighted by Crippen LogP contribution is 2.31. The van der Waals surface area contributed by atoms with Crippen LogP contribution in [0.15, 0.2) is 41.4 Å². The Kier molecular flexibility index (Phi) is 5.40. The van der Waals surface area contributed by atoms with E-state index in [1.807, 2.05) is 31.3 Å². The molecule has 6 nitrogen and oxygen atoms in total. The smallest absolute Gasteiger partial charge is 0.202 e. The predicted octanol–water partition coefficient (Wildman–Crippen LogP) is 3.84. The maximum absolute atomic E-state index is 6.18. The number of anilines is 1. The first-order valence-corrected chi connectivity index (χ1v) is 9.02. The van der Waals surface area contributed by atoms with E-state index in [0.717, 1.165) is 33.6 Å². The van der Waals surface area contributed by atoms with E-state index in [1.54, 1.807) is 18.8 Å². The molecule has 1 aromatic heterocycles. The topological polar surface area (TPSA) is 74.7 Å². The minimum Gasteiger partial charge on any atom is -0.493 e. The number of ether oxygens (including phenoxy) is 2. The molecule has 0 atom stereocenters. The van der Waals surface area contributed by atoms with Gasteiger partial charge in [0, 0.05) is 18.7 Å². The Morgan fingerprint density at radius 1 is 0.929 bits per heavy atom. The van der Waals surface area contributed by atoms with Crippen molar-refractivity contribution in [3.63, 3.8) is 0 Å². The molecule has 1 heterocycles. The summed E-state index contributed by atoms with van der Waals surface area (Å²) in [6, 6.07) is 11.8. The van der Waals surface area contributed by atoms with Gasteiger partial charge in [-0.15, -0.1) is 0 Å². The van der Waals surface area contributed by atoms with E-state index in [2.05, 4.69) is 37.9 Å². The highest BCUT2D eigenvalue weighted by atomic mass is 16.5. The van der Waals surface area contributed by atoms with Crippen molar-refractivity contribution in [2.24, 2.45) is 12.0 Å². The molecular weight excluding hydrogens is 352 g/mol. The monoisotopic (exact) mass is 378 g/mol. The Morgan fingerprint density at radius 3 is 2.18 bits per heavy atom. The van der Waals surface area contributed by atoms with Crippen molar-refractivity contribution in [1.29, 1.82) is 0 Å². The van der Waals surface area contributed by atoms with Crippen molar-refractivity contribution in [1.82, 2.24) is 9.55 Å².